The minimum Gasteiger partial charge on any atom is -0.494 e. The highest BCUT2D eigenvalue weighted by molar-refractivity contribution is 5.93. The summed E-state index contributed by atoms with van der Waals surface area (Å²) in [4.78, 5) is 30.4. The molecule has 1 N–H and O–H groups in total. The van der Waals surface area contributed by atoms with Crippen LogP contribution in [0.2, 0.25) is 0 Å². The molecule has 1 saturated heterocycles. The maximum absolute atomic E-state index is 15.2. The fourth-order valence-corrected chi connectivity index (χ4v) is 4.33. The quantitative estimate of drug-likeness (QED) is 0.238. The number of benzene rings is 2. The van der Waals surface area contributed by atoms with Crippen LogP contribution in [0.4, 0.5) is 15.9 Å². The molecule has 218 valence electrons. The number of carbonyl (C=O) groups is 1. The molecule has 5 aromatic rings. The Balaban J connectivity index is 1.18. The van der Waals surface area contributed by atoms with E-state index in [-0.39, 0.29) is 29.3 Å². The number of likely N-dealkylation sites (tertiary alicyclic amines) is 1. The molecule has 4 heterocycles. The van der Waals surface area contributed by atoms with Gasteiger partial charge in [-0.3, -0.25) is 4.79 Å². The highest BCUT2D eigenvalue weighted by Gasteiger charge is 2.31. The van der Waals surface area contributed by atoms with Crippen LogP contribution in [-0.2, 0) is 4.79 Å². The van der Waals surface area contributed by atoms with Crippen molar-refractivity contribution in [3.8, 4) is 34.8 Å². The first-order valence-electron chi connectivity index (χ1n) is 13.0. The zero-order valence-electron chi connectivity index (χ0n) is 23.1. The molecule has 1 fully saturated rings. The lowest BCUT2D eigenvalue weighted by molar-refractivity contribution is -0.134. The summed E-state index contributed by atoms with van der Waals surface area (Å²) in [7, 11) is 3.05. The van der Waals surface area contributed by atoms with Gasteiger partial charge in [0.2, 0.25) is 11.8 Å². The van der Waals surface area contributed by atoms with Gasteiger partial charge in [-0.2, -0.15) is 0 Å². The standard InChI is InChI=1S/C29H25FN8O5/c1-4-27(39)37-14-19(15-37)42-25-10-20-23(11-24(25)41-3)33-16-34-28(20)35-22-6-5-17(9-21(22)30)43-26-7-8-38(36-26)29-31-12-18(40-2)13-32-29/h4-13,16,19H,1,14-15H2,2-3H3,(H,33,34,35). The van der Waals surface area contributed by atoms with E-state index in [0.29, 0.717) is 53.0 Å². The second-order valence-electron chi connectivity index (χ2n) is 9.32. The van der Waals surface area contributed by atoms with E-state index >= 15 is 4.39 Å². The number of rotatable bonds is 10. The molecule has 3 aromatic heterocycles. The molecule has 1 aliphatic heterocycles. The van der Waals surface area contributed by atoms with Gasteiger partial charge < -0.3 is 29.2 Å². The third-order valence-electron chi connectivity index (χ3n) is 6.58. The Morgan fingerprint density at radius 2 is 1.84 bits per heavy atom. The number of ether oxygens (including phenoxy) is 4. The van der Waals surface area contributed by atoms with Crippen molar-refractivity contribution in [1.82, 2.24) is 34.6 Å². The molecule has 1 aliphatic rings. The Morgan fingerprint density at radius 3 is 2.56 bits per heavy atom. The molecular weight excluding hydrogens is 559 g/mol. The van der Waals surface area contributed by atoms with Gasteiger partial charge >= 0.3 is 0 Å². The van der Waals surface area contributed by atoms with Crippen LogP contribution in [-0.4, -0.2) is 73.9 Å². The smallest absolute Gasteiger partial charge is 0.250 e. The topological polar surface area (TPSA) is 139 Å². The minimum atomic E-state index is -0.575. The maximum atomic E-state index is 15.2. The number of nitrogens with one attached hydrogen (secondary N) is 1. The number of anilines is 2. The van der Waals surface area contributed by atoms with Gasteiger partial charge in [-0.1, -0.05) is 6.58 Å². The molecular formula is C29H25FN8O5. The lowest BCUT2D eigenvalue weighted by Gasteiger charge is -2.38. The Morgan fingerprint density at radius 1 is 1.02 bits per heavy atom. The molecule has 6 rings (SSSR count). The van der Waals surface area contributed by atoms with E-state index in [0.717, 1.165) is 0 Å². The van der Waals surface area contributed by atoms with Gasteiger partial charge in [0.05, 0.1) is 50.9 Å². The monoisotopic (exact) mass is 584 g/mol. The number of hydrogen-bond donors (Lipinski definition) is 1. The molecule has 1 amide bonds. The Labute approximate surface area is 244 Å². The molecule has 0 atom stereocenters. The summed E-state index contributed by atoms with van der Waals surface area (Å²) in [5, 5.41) is 7.90. The minimum absolute atomic E-state index is 0.151. The van der Waals surface area contributed by atoms with Crippen LogP contribution in [0.15, 0.2) is 74.0 Å². The average Bonchev–Trinajstić information content (AvgIpc) is 3.48. The van der Waals surface area contributed by atoms with E-state index in [4.69, 9.17) is 18.9 Å². The second kappa shape index (κ2) is 11.6. The summed E-state index contributed by atoms with van der Waals surface area (Å²) < 4.78 is 39.0. The first-order chi connectivity index (χ1) is 20.9. The van der Waals surface area contributed by atoms with Crippen LogP contribution in [0.1, 0.15) is 0 Å². The molecule has 0 bridgehead atoms. The largest absolute Gasteiger partial charge is 0.494 e. The number of aromatic nitrogens is 6. The van der Waals surface area contributed by atoms with Crippen molar-refractivity contribution in [3.05, 3.63) is 79.8 Å². The number of amides is 1. The second-order valence-corrected chi connectivity index (χ2v) is 9.32. The lowest BCUT2D eigenvalue weighted by atomic mass is 10.1. The van der Waals surface area contributed by atoms with Crippen molar-refractivity contribution in [2.75, 3.05) is 32.6 Å². The van der Waals surface area contributed by atoms with Gasteiger partial charge in [-0.05, 0) is 24.3 Å². The van der Waals surface area contributed by atoms with Gasteiger partial charge in [0.15, 0.2) is 17.2 Å². The van der Waals surface area contributed by atoms with E-state index in [1.54, 1.807) is 35.4 Å². The van der Waals surface area contributed by atoms with Crippen molar-refractivity contribution < 1.29 is 28.1 Å². The molecule has 43 heavy (non-hydrogen) atoms. The first-order valence-corrected chi connectivity index (χ1v) is 13.0. The fraction of sp³-hybridized carbons (Fsp3) is 0.172. The normalized spacial score (nSPS) is 12.9. The number of hydrogen-bond acceptors (Lipinski definition) is 11. The van der Waals surface area contributed by atoms with Gasteiger partial charge in [0, 0.05) is 29.8 Å². The molecule has 0 aliphatic carbocycles. The van der Waals surface area contributed by atoms with Gasteiger partial charge in [-0.15, -0.1) is 5.10 Å². The number of nitrogens with zero attached hydrogens (tertiary/aromatic N) is 7. The number of fused-ring (bicyclic) bond motifs is 1. The molecule has 2 aromatic carbocycles. The summed E-state index contributed by atoms with van der Waals surface area (Å²) in [6, 6.07) is 9.42. The Hall–Kier alpha value is -5.79. The van der Waals surface area contributed by atoms with Crippen molar-refractivity contribution in [2.45, 2.75) is 6.10 Å². The third-order valence-corrected chi connectivity index (χ3v) is 6.58. The van der Waals surface area contributed by atoms with E-state index < -0.39 is 5.82 Å². The van der Waals surface area contributed by atoms with E-state index in [1.807, 2.05) is 0 Å². The summed E-state index contributed by atoms with van der Waals surface area (Å²) in [5.41, 5.74) is 0.732. The number of methoxy groups -OCH3 is 2. The predicted octanol–water partition coefficient (Wildman–Crippen LogP) is 4.07. The zero-order chi connectivity index (χ0) is 29.9. The van der Waals surface area contributed by atoms with Gasteiger partial charge in [-0.25, -0.2) is 29.0 Å². The SMILES string of the molecule is C=CC(=O)N1CC(Oc2cc3c(Nc4ccc(Oc5ccn(-c6ncc(OC)cn6)n5)cc4F)ncnc3cc2OC)C1. The third kappa shape index (κ3) is 5.70. The molecule has 0 unspecified atom stereocenters. The van der Waals surface area contributed by atoms with Crippen molar-refractivity contribution in [3.63, 3.8) is 0 Å². The zero-order valence-corrected chi connectivity index (χ0v) is 23.1. The summed E-state index contributed by atoms with van der Waals surface area (Å²) in [6.07, 6.45) is 7.09. The van der Waals surface area contributed by atoms with Crippen LogP contribution in [0.5, 0.6) is 28.9 Å². The van der Waals surface area contributed by atoms with Crippen LogP contribution in [0, 0.1) is 5.82 Å². The molecule has 14 heteroatoms. The van der Waals surface area contributed by atoms with Crippen molar-refractivity contribution in [1.29, 1.82) is 0 Å². The summed E-state index contributed by atoms with van der Waals surface area (Å²) >= 11 is 0. The van der Waals surface area contributed by atoms with Crippen LogP contribution in [0.25, 0.3) is 16.9 Å². The van der Waals surface area contributed by atoms with Crippen molar-refractivity contribution in [2.24, 2.45) is 0 Å². The van der Waals surface area contributed by atoms with Gasteiger partial charge in [0.25, 0.3) is 5.95 Å². The summed E-state index contributed by atoms with van der Waals surface area (Å²) in [6.45, 7) is 4.36. The fourth-order valence-electron chi connectivity index (χ4n) is 4.33. The molecule has 13 nitrogen and oxygen atoms in total. The summed E-state index contributed by atoms with van der Waals surface area (Å²) in [5.74, 6) is 1.86. The maximum Gasteiger partial charge on any atom is 0.250 e. The van der Waals surface area contributed by atoms with E-state index in [1.165, 1.54) is 55.8 Å². The molecule has 0 radical (unpaired) electrons. The van der Waals surface area contributed by atoms with Crippen molar-refractivity contribution >= 4 is 28.3 Å². The predicted molar refractivity (Wildman–Crippen MR) is 153 cm³/mol. The first kappa shape index (κ1) is 27.4. The molecule has 0 saturated carbocycles. The number of halogens is 1. The van der Waals surface area contributed by atoms with E-state index in [2.05, 4.69) is 36.9 Å². The van der Waals surface area contributed by atoms with Crippen LogP contribution in [0.3, 0.4) is 0 Å². The van der Waals surface area contributed by atoms with E-state index in [9.17, 15) is 4.79 Å². The average molecular weight is 585 g/mol. The molecule has 0 spiro atoms. The Kier molecular flexibility index (Phi) is 7.39. The lowest BCUT2D eigenvalue weighted by Crippen LogP contribution is -2.55. The van der Waals surface area contributed by atoms with Gasteiger partial charge in [0.1, 0.15) is 29.8 Å². The van der Waals surface area contributed by atoms with Crippen LogP contribution >= 0.6 is 0 Å². The Bertz CT molecular complexity index is 1810. The highest BCUT2D eigenvalue weighted by Crippen LogP contribution is 2.37. The number of carbonyl (C=O) groups excluding carboxylic acids is 1. The highest BCUT2D eigenvalue weighted by atomic mass is 19.1. The van der Waals surface area contributed by atoms with Crippen LogP contribution < -0.4 is 24.3 Å².